The van der Waals surface area contributed by atoms with Crippen LogP contribution in [0.4, 0.5) is 15.2 Å². The molecule has 0 unspecified atom stereocenters. The van der Waals surface area contributed by atoms with Gasteiger partial charge in [-0.1, -0.05) is 12.1 Å². The van der Waals surface area contributed by atoms with Gasteiger partial charge in [-0.15, -0.1) is 11.3 Å². The fraction of sp³-hybridized carbons (Fsp3) is 0.0476. The van der Waals surface area contributed by atoms with E-state index in [2.05, 4.69) is 20.1 Å². The van der Waals surface area contributed by atoms with E-state index in [9.17, 15) is 22.4 Å². The lowest BCUT2D eigenvalue weighted by Crippen LogP contribution is -2.24. The number of amides is 1. The molecule has 0 spiro atoms. The van der Waals surface area contributed by atoms with Crippen molar-refractivity contribution in [3.8, 4) is 16.9 Å². The van der Waals surface area contributed by atoms with E-state index in [0.717, 1.165) is 16.5 Å². The van der Waals surface area contributed by atoms with Crippen LogP contribution in [0.15, 0.2) is 70.8 Å². The van der Waals surface area contributed by atoms with E-state index in [0.29, 0.717) is 22.2 Å². The van der Waals surface area contributed by atoms with Gasteiger partial charge in [-0.3, -0.25) is 19.6 Å². The highest BCUT2D eigenvalue weighted by molar-refractivity contribution is 7.92. The maximum Gasteiger partial charge on any atom is 0.277 e. The number of carbonyl (C=O) groups is 1. The van der Waals surface area contributed by atoms with Gasteiger partial charge in [0.1, 0.15) is 11.5 Å². The zero-order valence-corrected chi connectivity index (χ0v) is 18.7. The molecule has 0 atom stereocenters. The van der Waals surface area contributed by atoms with Gasteiger partial charge in [-0.2, -0.15) is 9.78 Å². The lowest BCUT2D eigenvalue weighted by Gasteiger charge is -2.06. The third-order valence-electron chi connectivity index (χ3n) is 4.31. The first kappa shape index (κ1) is 22.3. The summed E-state index contributed by atoms with van der Waals surface area (Å²) in [5.74, 6) is -1.03. The standard InChI is InChI=1S/C21H16FN5O4S2/c1-33(30,31)26-15-6-2-13(3-7-15)18-12-32-21(23-18)24-20(29)17-10-11-19(28)27(25-17)16-8-4-14(22)5-9-16/h2-12,26H,1H3,(H,23,24,29). The summed E-state index contributed by atoms with van der Waals surface area (Å²) in [6.45, 7) is 0. The minimum Gasteiger partial charge on any atom is -0.296 e. The van der Waals surface area contributed by atoms with E-state index in [1.165, 1.54) is 47.7 Å². The molecule has 9 nitrogen and oxygen atoms in total. The molecule has 4 rings (SSSR count). The van der Waals surface area contributed by atoms with Crippen molar-refractivity contribution in [2.45, 2.75) is 0 Å². The van der Waals surface area contributed by atoms with Crippen molar-refractivity contribution in [3.05, 3.63) is 87.9 Å². The highest BCUT2D eigenvalue weighted by Crippen LogP contribution is 2.26. The summed E-state index contributed by atoms with van der Waals surface area (Å²) in [4.78, 5) is 29.1. The molecule has 0 aliphatic rings. The molecule has 33 heavy (non-hydrogen) atoms. The number of halogens is 1. The highest BCUT2D eigenvalue weighted by Gasteiger charge is 2.14. The summed E-state index contributed by atoms with van der Waals surface area (Å²) < 4.78 is 39.2. The van der Waals surface area contributed by atoms with Gasteiger partial charge in [0.05, 0.1) is 17.6 Å². The summed E-state index contributed by atoms with van der Waals surface area (Å²) in [5.41, 5.74) is 1.57. The summed E-state index contributed by atoms with van der Waals surface area (Å²) in [5, 5.41) is 8.75. The number of nitrogens with one attached hydrogen (secondary N) is 2. The van der Waals surface area contributed by atoms with Gasteiger partial charge in [0, 0.05) is 22.7 Å². The third kappa shape index (κ3) is 5.48. The monoisotopic (exact) mass is 485 g/mol. The molecule has 4 aromatic rings. The Morgan fingerprint density at radius 1 is 1.03 bits per heavy atom. The number of carbonyl (C=O) groups excluding carboxylic acids is 1. The molecule has 168 valence electrons. The molecule has 0 bridgehead atoms. The maximum absolute atomic E-state index is 13.2. The minimum absolute atomic E-state index is 0.0214. The lowest BCUT2D eigenvalue weighted by atomic mass is 10.1. The second-order valence-electron chi connectivity index (χ2n) is 6.89. The van der Waals surface area contributed by atoms with Crippen LogP contribution in [0.25, 0.3) is 16.9 Å². The normalized spacial score (nSPS) is 11.2. The Morgan fingerprint density at radius 2 is 1.73 bits per heavy atom. The van der Waals surface area contributed by atoms with E-state index >= 15 is 0 Å². The minimum atomic E-state index is -3.37. The van der Waals surface area contributed by atoms with E-state index in [1.54, 1.807) is 29.6 Å². The number of rotatable bonds is 6. The number of benzene rings is 2. The molecule has 2 heterocycles. The van der Waals surface area contributed by atoms with Crippen LogP contribution in [0, 0.1) is 5.82 Å². The van der Waals surface area contributed by atoms with Crippen molar-refractivity contribution in [1.82, 2.24) is 14.8 Å². The van der Waals surface area contributed by atoms with Crippen molar-refractivity contribution in [2.24, 2.45) is 0 Å². The first-order valence-electron chi connectivity index (χ1n) is 9.39. The summed E-state index contributed by atoms with van der Waals surface area (Å²) in [7, 11) is -3.37. The second kappa shape index (κ2) is 8.92. The molecule has 2 aromatic heterocycles. The maximum atomic E-state index is 13.2. The quantitative estimate of drug-likeness (QED) is 0.433. The summed E-state index contributed by atoms with van der Waals surface area (Å²) in [6.07, 6.45) is 1.07. The van der Waals surface area contributed by atoms with Crippen LogP contribution < -0.4 is 15.6 Å². The molecule has 0 saturated heterocycles. The van der Waals surface area contributed by atoms with Crippen molar-refractivity contribution in [1.29, 1.82) is 0 Å². The number of sulfonamides is 1. The summed E-state index contributed by atoms with van der Waals surface area (Å²) >= 11 is 1.19. The number of hydrogen-bond acceptors (Lipinski definition) is 7. The van der Waals surface area contributed by atoms with E-state index in [1.807, 2.05) is 0 Å². The molecular weight excluding hydrogens is 469 g/mol. The average Bonchev–Trinajstić information content (AvgIpc) is 3.22. The predicted octanol–water partition coefficient (Wildman–Crippen LogP) is 3.12. The number of nitrogens with zero attached hydrogens (tertiary/aromatic N) is 3. The van der Waals surface area contributed by atoms with Crippen LogP contribution in [0.3, 0.4) is 0 Å². The van der Waals surface area contributed by atoms with Gasteiger partial charge < -0.3 is 0 Å². The van der Waals surface area contributed by atoms with Gasteiger partial charge in [-0.25, -0.2) is 17.8 Å². The Balaban J connectivity index is 1.50. The van der Waals surface area contributed by atoms with Crippen molar-refractivity contribution >= 4 is 38.1 Å². The topological polar surface area (TPSA) is 123 Å². The first-order valence-corrected chi connectivity index (χ1v) is 12.2. The molecule has 0 aliphatic heterocycles. The van der Waals surface area contributed by atoms with Crippen molar-refractivity contribution in [2.75, 3.05) is 16.3 Å². The number of anilines is 2. The third-order valence-corrected chi connectivity index (χ3v) is 5.68. The molecule has 0 fully saturated rings. The zero-order chi connectivity index (χ0) is 23.6. The summed E-state index contributed by atoms with van der Waals surface area (Å²) in [6, 6.07) is 14.3. The number of aromatic nitrogens is 3. The smallest absolute Gasteiger partial charge is 0.277 e. The van der Waals surface area contributed by atoms with Crippen LogP contribution in [-0.4, -0.2) is 35.3 Å². The van der Waals surface area contributed by atoms with Crippen LogP contribution in [-0.2, 0) is 10.0 Å². The highest BCUT2D eigenvalue weighted by atomic mass is 32.2. The molecule has 0 radical (unpaired) electrons. The van der Waals surface area contributed by atoms with Crippen molar-refractivity contribution < 1.29 is 17.6 Å². The van der Waals surface area contributed by atoms with Crippen LogP contribution in [0.5, 0.6) is 0 Å². The van der Waals surface area contributed by atoms with Crippen molar-refractivity contribution in [3.63, 3.8) is 0 Å². The Hall–Kier alpha value is -3.90. The molecular formula is C21H16FN5O4S2. The van der Waals surface area contributed by atoms with Crippen LogP contribution >= 0.6 is 11.3 Å². The first-order chi connectivity index (χ1) is 15.7. The van der Waals surface area contributed by atoms with E-state index in [-0.39, 0.29) is 5.69 Å². The fourth-order valence-corrected chi connectivity index (χ4v) is 4.13. The van der Waals surface area contributed by atoms with Gasteiger partial charge >= 0.3 is 0 Å². The predicted molar refractivity (Wildman–Crippen MR) is 124 cm³/mol. The Labute approximate surface area is 191 Å². The molecule has 2 aromatic carbocycles. The Morgan fingerprint density at radius 3 is 2.39 bits per heavy atom. The van der Waals surface area contributed by atoms with E-state index < -0.39 is 27.3 Å². The molecule has 2 N–H and O–H groups in total. The number of thiazole rings is 1. The van der Waals surface area contributed by atoms with Gasteiger partial charge in [0.15, 0.2) is 5.13 Å². The van der Waals surface area contributed by atoms with Gasteiger partial charge in [0.25, 0.3) is 11.5 Å². The SMILES string of the molecule is CS(=O)(=O)Nc1ccc(-c2csc(NC(=O)c3ccc(=O)n(-c4ccc(F)cc4)n3)n2)cc1. The number of hydrogen-bond donors (Lipinski definition) is 2. The molecule has 1 amide bonds. The fourth-order valence-electron chi connectivity index (χ4n) is 2.85. The zero-order valence-electron chi connectivity index (χ0n) is 17.0. The van der Waals surface area contributed by atoms with E-state index in [4.69, 9.17) is 0 Å². The largest absolute Gasteiger partial charge is 0.296 e. The van der Waals surface area contributed by atoms with Gasteiger partial charge in [-0.05, 0) is 42.5 Å². The van der Waals surface area contributed by atoms with Crippen LogP contribution in [0.2, 0.25) is 0 Å². The Kier molecular flexibility index (Phi) is 6.03. The average molecular weight is 486 g/mol. The molecule has 0 aliphatic carbocycles. The van der Waals surface area contributed by atoms with Gasteiger partial charge in [0.2, 0.25) is 10.0 Å². The molecule has 12 heteroatoms. The second-order valence-corrected chi connectivity index (χ2v) is 9.50. The molecule has 0 saturated carbocycles. The lowest BCUT2D eigenvalue weighted by molar-refractivity contribution is 0.102. The Bertz CT molecular complexity index is 1480. The van der Waals surface area contributed by atoms with Crippen LogP contribution in [0.1, 0.15) is 10.5 Å².